The summed E-state index contributed by atoms with van der Waals surface area (Å²) in [4.78, 5) is 11.6. The molecule has 20 heavy (non-hydrogen) atoms. The highest BCUT2D eigenvalue weighted by Gasteiger charge is 2.05. The second kappa shape index (κ2) is 7.19. The van der Waals surface area contributed by atoms with Crippen LogP contribution in [0.3, 0.4) is 0 Å². The minimum atomic E-state index is -0.399. The van der Waals surface area contributed by atoms with Crippen LogP contribution in [0.25, 0.3) is 0 Å². The summed E-state index contributed by atoms with van der Waals surface area (Å²) in [6.07, 6.45) is 0. The van der Waals surface area contributed by atoms with E-state index < -0.39 is 5.97 Å². The normalized spacial score (nSPS) is 9.85. The summed E-state index contributed by atoms with van der Waals surface area (Å²) in [7, 11) is 1.61. The molecule has 2 rings (SSSR count). The molecular weight excluding hydrogens is 256 g/mol. The number of ether oxygens (including phenoxy) is 3. The third-order valence-corrected chi connectivity index (χ3v) is 2.57. The average Bonchev–Trinajstić information content (AvgIpc) is 2.53. The lowest BCUT2D eigenvalue weighted by Crippen LogP contribution is -2.12. The smallest absolute Gasteiger partial charge is 0.338 e. The Balaban J connectivity index is 1.72. The van der Waals surface area contributed by atoms with Gasteiger partial charge in [-0.3, -0.25) is 0 Å². The number of hydrogen-bond donors (Lipinski definition) is 0. The molecular formula is C16H15O4. The molecule has 0 aromatic heterocycles. The zero-order valence-electron chi connectivity index (χ0n) is 11.2. The molecule has 2 aromatic carbocycles. The minimum absolute atomic E-state index is 0.188. The number of methoxy groups -OCH3 is 1. The van der Waals surface area contributed by atoms with Crippen LogP contribution in [0, 0.1) is 6.07 Å². The lowest BCUT2D eigenvalue weighted by atomic mass is 10.2. The zero-order chi connectivity index (χ0) is 14.2. The molecule has 4 heteroatoms. The predicted octanol–water partition coefficient (Wildman–Crippen LogP) is 2.73. The van der Waals surface area contributed by atoms with Gasteiger partial charge in [0.25, 0.3) is 0 Å². The van der Waals surface area contributed by atoms with Gasteiger partial charge in [0, 0.05) is 0 Å². The number of hydrogen-bond acceptors (Lipinski definition) is 4. The van der Waals surface area contributed by atoms with E-state index in [2.05, 4.69) is 6.07 Å². The van der Waals surface area contributed by atoms with E-state index in [4.69, 9.17) is 14.2 Å². The van der Waals surface area contributed by atoms with Gasteiger partial charge in [-0.1, -0.05) is 18.2 Å². The molecule has 0 aliphatic heterocycles. The molecule has 0 spiro atoms. The maximum absolute atomic E-state index is 11.6. The van der Waals surface area contributed by atoms with Crippen LogP contribution < -0.4 is 9.47 Å². The molecule has 0 unspecified atom stereocenters. The fourth-order valence-electron chi connectivity index (χ4n) is 1.56. The van der Waals surface area contributed by atoms with E-state index in [0.717, 1.165) is 5.75 Å². The van der Waals surface area contributed by atoms with Gasteiger partial charge in [0.2, 0.25) is 0 Å². The van der Waals surface area contributed by atoms with E-state index in [1.54, 1.807) is 55.6 Å². The van der Waals surface area contributed by atoms with Crippen molar-refractivity contribution >= 4 is 5.97 Å². The first kappa shape index (κ1) is 13.9. The van der Waals surface area contributed by atoms with Crippen LogP contribution in [0.5, 0.6) is 11.5 Å². The number of rotatable bonds is 6. The van der Waals surface area contributed by atoms with E-state index in [1.807, 2.05) is 0 Å². The van der Waals surface area contributed by atoms with Gasteiger partial charge in [-0.15, -0.1) is 0 Å². The highest BCUT2D eigenvalue weighted by molar-refractivity contribution is 5.88. The van der Waals surface area contributed by atoms with Gasteiger partial charge in [-0.2, -0.15) is 0 Å². The first-order valence-electron chi connectivity index (χ1n) is 6.20. The van der Waals surface area contributed by atoms with Crippen LogP contribution in [0.15, 0.2) is 48.5 Å². The number of esters is 1. The molecule has 0 aliphatic carbocycles. The molecule has 0 N–H and O–H groups in total. The van der Waals surface area contributed by atoms with E-state index >= 15 is 0 Å². The van der Waals surface area contributed by atoms with Crippen molar-refractivity contribution in [2.75, 3.05) is 20.3 Å². The van der Waals surface area contributed by atoms with Gasteiger partial charge in [0.15, 0.2) is 0 Å². The quantitative estimate of drug-likeness (QED) is 0.598. The minimum Gasteiger partial charge on any atom is -0.497 e. The van der Waals surface area contributed by atoms with Gasteiger partial charge in [0.05, 0.1) is 12.7 Å². The van der Waals surface area contributed by atoms with Gasteiger partial charge in [0.1, 0.15) is 24.7 Å². The largest absolute Gasteiger partial charge is 0.497 e. The zero-order valence-corrected chi connectivity index (χ0v) is 11.2. The molecule has 103 valence electrons. The Labute approximate surface area is 117 Å². The molecule has 0 heterocycles. The summed E-state index contributed by atoms with van der Waals surface area (Å²) < 4.78 is 15.6. The molecule has 1 radical (unpaired) electrons. The molecule has 0 aliphatic rings. The maximum atomic E-state index is 11.6. The lowest BCUT2D eigenvalue weighted by molar-refractivity contribution is 0.0450. The molecule has 0 saturated carbocycles. The molecule has 0 fully saturated rings. The third kappa shape index (κ3) is 4.02. The van der Waals surface area contributed by atoms with Crippen molar-refractivity contribution in [2.45, 2.75) is 0 Å². The van der Waals surface area contributed by atoms with Gasteiger partial charge in [-0.25, -0.2) is 4.79 Å². The van der Waals surface area contributed by atoms with Crippen LogP contribution in [0.2, 0.25) is 0 Å². The Morgan fingerprint density at radius 1 is 1.05 bits per heavy atom. The van der Waals surface area contributed by atoms with Crippen molar-refractivity contribution in [3.63, 3.8) is 0 Å². The van der Waals surface area contributed by atoms with E-state index in [-0.39, 0.29) is 6.61 Å². The molecule has 2 aromatic rings. The number of carbonyl (C=O) groups is 1. The first-order valence-corrected chi connectivity index (χ1v) is 6.20. The molecule has 0 bridgehead atoms. The van der Waals surface area contributed by atoms with Crippen molar-refractivity contribution in [3.8, 4) is 11.5 Å². The Hall–Kier alpha value is -2.49. The van der Waals surface area contributed by atoms with Gasteiger partial charge >= 0.3 is 5.97 Å². The summed E-state index contributed by atoms with van der Waals surface area (Å²) in [6.45, 7) is 0.485. The number of benzene rings is 2. The van der Waals surface area contributed by atoms with E-state index in [0.29, 0.717) is 17.9 Å². The molecule has 0 atom stereocenters. The van der Waals surface area contributed by atoms with Crippen LogP contribution in [0.4, 0.5) is 0 Å². The topological polar surface area (TPSA) is 44.8 Å². The van der Waals surface area contributed by atoms with Crippen molar-refractivity contribution in [2.24, 2.45) is 0 Å². The van der Waals surface area contributed by atoms with Crippen molar-refractivity contribution in [3.05, 3.63) is 60.2 Å². The molecule has 4 nitrogen and oxygen atoms in total. The fraction of sp³-hybridized carbons (Fsp3) is 0.188. The second-order valence-electron chi connectivity index (χ2n) is 3.94. The Kier molecular flexibility index (Phi) is 5.00. The summed E-state index contributed by atoms with van der Waals surface area (Å²) in [5, 5.41) is 0. The van der Waals surface area contributed by atoms with Gasteiger partial charge in [-0.05, 0) is 36.4 Å². The first-order chi connectivity index (χ1) is 9.79. The maximum Gasteiger partial charge on any atom is 0.338 e. The predicted molar refractivity (Wildman–Crippen MR) is 74.0 cm³/mol. The highest BCUT2D eigenvalue weighted by Crippen LogP contribution is 2.16. The van der Waals surface area contributed by atoms with E-state index in [9.17, 15) is 4.79 Å². The Bertz CT molecular complexity index is 534. The average molecular weight is 271 g/mol. The monoisotopic (exact) mass is 271 g/mol. The van der Waals surface area contributed by atoms with Crippen molar-refractivity contribution in [1.82, 2.24) is 0 Å². The SMILES string of the molecule is COc1ccc(OCCOC(=O)c2[c]cccc2)cc1. The molecule has 0 saturated heterocycles. The Morgan fingerprint density at radius 3 is 2.45 bits per heavy atom. The van der Waals surface area contributed by atoms with E-state index in [1.165, 1.54) is 0 Å². The third-order valence-electron chi connectivity index (χ3n) is 2.57. The summed E-state index contributed by atoms with van der Waals surface area (Å²) in [5.74, 6) is 1.07. The summed E-state index contributed by atoms with van der Waals surface area (Å²) in [6, 6.07) is 16.9. The highest BCUT2D eigenvalue weighted by atomic mass is 16.6. The van der Waals surface area contributed by atoms with Crippen LogP contribution in [-0.2, 0) is 4.74 Å². The Morgan fingerprint density at radius 2 is 1.80 bits per heavy atom. The van der Waals surface area contributed by atoms with Crippen molar-refractivity contribution in [1.29, 1.82) is 0 Å². The second-order valence-corrected chi connectivity index (χ2v) is 3.94. The summed E-state index contributed by atoms with van der Waals surface area (Å²) >= 11 is 0. The van der Waals surface area contributed by atoms with Gasteiger partial charge < -0.3 is 14.2 Å². The van der Waals surface area contributed by atoms with Crippen LogP contribution in [0.1, 0.15) is 10.4 Å². The fourth-order valence-corrected chi connectivity index (χ4v) is 1.56. The van der Waals surface area contributed by atoms with Crippen LogP contribution in [-0.4, -0.2) is 26.3 Å². The van der Waals surface area contributed by atoms with Crippen LogP contribution >= 0.6 is 0 Å². The summed E-state index contributed by atoms with van der Waals surface area (Å²) in [5.41, 5.74) is 0.414. The molecule has 0 amide bonds. The lowest BCUT2D eigenvalue weighted by Gasteiger charge is -2.08. The standard InChI is InChI=1S/C16H15O4/c1-18-14-7-9-15(10-8-14)19-11-12-20-16(17)13-5-3-2-4-6-13/h2-5,7-10H,11-12H2,1H3. The van der Waals surface area contributed by atoms with Crippen molar-refractivity contribution < 1.29 is 19.0 Å². The number of carbonyl (C=O) groups excluding carboxylic acids is 1.